The van der Waals surface area contributed by atoms with Gasteiger partial charge in [-0.3, -0.25) is 4.79 Å². The summed E-state index contributed by atoms with van der Waals surface area (Å²) in [6, 6.07) is 0. The molecule has 3 saturated carbocycles. The summed E-state index contributed by atoms with van der Waals surface area (Å²) in [5, 5.41) is 12.5. The van der Waals surface area contributed by atoms with Gasteiger partial charge in [0.2, 0.25) is 0 Å². The second kappa shape index (κ2) is 7.46. The van der Waals surface area contributed by atoms with Gasteiger partial charge in [0.1, 0.15) is 5.78 Å². The van der Waals surface area contributed by atoms with Crippen LogP contribution in [0.15, 0.2) is 11.6 Å². The van der Waals surface area contributed by atoms with Crippen molar-refractivity contribution in [3.63, 3.8) is 0 Å². The predicted octanol–water partition coefficient (Wildman–Crippen LogP) is 5.73. The molecule has 1 heterocycles. The zero-order valence-corrected chi connectivity index (χ0v) is 21.7. The van der Waals surface area contributed by atoms with Gasteiger partial charge in [-0.1, -0.05) is 18.6 Å². The first-order valence-corrected chi connectivity index (χ1v) is 17.0. The summed E-state index contributed by atoms with van der Waals surface area (Å²) in [6.07, 6.45) is 18.1. The maximum absolute atomic E-state index is 13.2. The van der Waals surface area contributed by atoms with Crippen LogP contribution in [0.2, 0.25) is 0 Å². The monoisotopic (exact) mass is 468 g/mol. The Hall–Kier alpha value is 0.420. The molecule has 4 fully saturated rings. The van der Waals surface area contributed by atoms with Gasteiger partial charge in [0.05, 0.1) is 9.68 Å². The topological polar surface area (TPSA) is 37.3 Å². The zero-order chi connectivity index (χ0) is 21.4. The lowest BCUT2D eigenvalue weighted by Crippen LogP contribution is -2.62. The number of thioether (sulfide) groups is 2. The SMILES string of the molecule is CC[C@]12CC(O)(CS(C)(C)C)C3C4CCC5(C=C4CCC3C1CCC2=O)SCCS5. The minimum atomic E-state index is -0.863. The number of allylic oxidation sites excluding steroid dienone is 1. The fourth-order valence-corrected chi connectivity index (χ4v) is 13.4. The first-order chi connectivity index (χ1) is 14.1. The van der Waals surface area contributed by atoms with Gasteiger partial charge in [0.15, 0.2) is 0 Å². The summed E-state index contributed by atoms with van der Waals surface area (Å²) in [5.41, 5.74) is 0.754. The fraction of sp³-hybridized carbons (Fsp3) is 0.880. The Morgan fingerprint density at radius 2 is 1.87 bits per heavy atom. The standard InChI is InChI=1S/C25H40O2S3/c1-5-23-15-24(27,16-30(2,3)4)22-18-10-11-25(28-12-13-29-25)14-17(18)6-7-19(22)20(23)8-9-21(23)26/h14,18-20,22,27H,5-13,15-16H2,1-4H3/t18?,19?,20?,22?,23-,24?/m0/s1. The average Bonchev–Trinajstić information content (AvgIpc) is 3.25. The molecule has 5 aliphatic rings. The van der Waals surface area contributed by atoms with Gasteiger partial charge in [0, 0.05) is 29.1 Å². The summed E-state index contributed by atoms with van der Waals surface area (Å²) in [4.78, 5) is 13.2. The second-order valence-corrected chi connectivity index (χ2v) is 19.3. The van der Waals surface area contributed by atoms with Crippen molar-refractivity contribution in [2.75, 3.05) is 36.0 Å². The number of Topliss-reactive ketones (excluding diaryl/α,β-unsaturated/α-hetero) is 1. The third-order valence-corrected chi connectivity index (χ3v) is 13.9. The Balaban J connectivity index is 1.56. The highest BCUT2D eigenvalue weighted by atomic mass is 32.3. The molecule has 2 nitrogen and oxygen atoms in total. The number of rotatable bonds is 3. The minimum absolute atomic E-state index is 0.241. The molecule has 1 N–H and O–H groups in total. The van der Waals surface area contributed by atoms with E-state index < -0.39 is 15.6 Å². The van der Waals surface area contributed by atoms with Crippen molar-refractivity contribution in [1.82, 2.24) is 0 Å². The van der Waals surface area contributed by atoms with Crippen LogP contribution >= 0.6 is 33.6 Å². The summed E-state index contributed by atoms with van der Waals surface area (Å²) < 4.78 is 0.331. The van der Waals surface area contributed by atoms with E-state index in [-0.39, 0.29) is 5.41 Å². The summed E-state index contributed by atoms with van der Waals surface area (Å²) in [6.45, 7) is 2.22. The molecule has 30 heavy (non-hydrogen) atoms. The lowest BCUT2D eigenvalue weighted by atomic mass is 9.47. The van der Waals surface area contributed by atoms with Crippen LogP contribution in [-0.2, 0) is 4.79 Å². The molecule has 0 aromatic rings. The molecule has 1 aliphatic heterocycles. The molecule has 0 radical (unpaired) electrons. The quantitative estimate of drug-likeness (QED) is 0.537. The Bertz CT molecular complexity index is 750. The lowest BCUT2D eigenvalue weighted by Gasteiger charge is -2.61. The molecule has 0 amide bonds. The molecule has 0 aromatic heterocycles. The van der Waals surface area contributed by atoms with E-state index in [9.17, 15) is 9.90 Å². The highest BCUT2D eigenvalue weighted by molar-refractivity contribution is 8.32. The van der Waals surface area contributed by atoms with Crippen LogP contribution in [0.3, 0.4) is 0 Å². The molecule has 0 aromatic carbocycles. The molecular weight excluding hydrogens is 428 g/mol. The molecule has 4 aliphatic carbocycles. The number of carbonyl (C=O) groups excluding carboxylic acids is 1. The average molecular weight is 469 g/mol. The van der Waals surface area contributed by atoms with Gasteiger partial charge in [0.25, 0.3) is 0 Å². The third kappa shape index (κ3) is 3.39. The number of carbonyl (C=O) groups is 1. The molecule has 1 saturated heterocycles. The number of aliphatic hydroxyl groups is 1. The van der Waals surface area contributed by atoms with Crippen molar-refractivity contribution in [3.05, 3.63) is 11.6 Å². The van der Waals surface area contributed by atoms with Crippen molar-refractivity contribution in [3.8, 4) is 0 Å². The summed E-state index contributed by atoms with van der Waals surface area (Å²) in [7, 11) is -0.863. The first kappa shape index (κ1) is 22.2. The first-order valence-electron chi connectivity index (χ1n) is 12.0. The van der Waals surface area contributed by atoms with Crippen molar-refractivity contribution in [1.29, 1.82) is 0 Å². The zero-order valence-electron chi connectivity index (χ0n) is 19.2. The molecule has 5 unspecified atom stereocenters. The van der Waals surface area contributed by atoms with Crippen LogP contribution in [-0.4, -0.2) is 56.6 Å². The Kier molecular flexibility index (Phi) is 5.53. The van der Waals surface area contributed by atoms with Crippen molar-refractivity contribution in [2.24, 2.45) is 29.1 Å². The van der Waals surface area contributed by atoms with Gasteiger partial charge >= 0.3 is 0 Å². The normalized spacial score (nSPS) is 45.6. The van der Waals surface area contributed by atoms with Gasteiger partial charge in [-0.2, -0.15) is 0 Å². The molecule has 170 valence electrons. The lowest BCUT2D eigenvalue weighted by molar-refractivity contribution is -0.166. The van der Waals surface area contributed by atoms with E-state index in [0.29, 0.717) is 33.5 Å². The Morgan fingerprint density at radius 1 is 1.13 bits per heavy atom. The number of hydrogen-bond donors (Lipinski definition) is 1. The van der Waals surface area contributed by atoms with Gasteiger partial charge in [-0.15, -0.1) is 23.5 Å². The number of ketones is 1. The smallest absolute Gasteiger partial charge is 0.139 e. The van der Waals surface area contributed by atoms with Crippen LogP contribution in [0.25, 0.3) is 0 Å². The molecular formula is C25H40O2S3. The van der Waals surface area contributed by atoms with E-state index in [1.165, 1.54) is 37.2 Å². The number of hydrogen-bond acceptors (Lipinski definition) is 4. The number of fused-ring (bicyclic) bond motifs is 5. The summed E-state index contributed by atoms with van der Waals surface area (Å²) in [5.74, 6) is 5.92. The van der Waals surface area contributed by atoms with Crippen molar-refractivity contribution < 1.29 is 9.90 Å². The molecule has 5 rings (SSSR count). The van der Waals surface area contributed by atoms with E-state index in [4.69, 9.17) is 0 Å². The van der Waals surface area contributed by atoms with Gasteiger partial charge < -0.3 is 5.11 Å². The largest absolute Gasteiger partial charge is 0.389 e. The third-order valence-electron chi connectivity index (χ3n) is 9.14. The summed E-state index contributed by atoms with van der Waals surface area (Å²) >= 11 is 4.33. The highest BCUT2D eigenvalue weighted by Gasteiger charge is 2.65. The molecule has 6 atom stereocenters. The van der Waals surface area contributed by atoms with Gasteiger partial charge in [-0.25, -0.2) is 10.0 Å². The van der Waals surface area contributed by atoms with Crippen LogP contribution in [0, 0.1) is 29.1 Å². The second-order valence-electron chi connectivity index (χ2n) is 11.7. The van der Waals surface area contributed by atoms with Crippen LogP contribution in [0.5, 0.6) is 0 Å². The van der Waals surface area contributed by atoms with E-state index in [2.05, 4.69) is 55.3 Å². The molecule has 1 spiro atoms. The van der Waals surface area contributed by atoms with Crippen LogP contribution in [0.4, 0.5) is 0 Å². The van der Waals surface area contributed by atoms with Crippen LogP contribution in [0.1, 0.15) is 58.3 Å². The maximum Gasteiger partial charge on any atom is 0.139 e. The Labute approximate surface area is 193 Å². The van der Waals surface area contributed by atoms with E-state index >= 15 is 0 Å². The molecule has 5 heteroatoms. The van der Waals surface area contributed by atoms with Gasteiger partial charge in [-0.05, 0) is 87.4 Å². The van der Waals surface area contributed by atoms with E-state index in [0.717, 1.165) is 31.4 Å². The van der Waals surface area contributed by atoms with E-state index in [1.54, 1.807) is 5.57 Å². The van der Waals surface area contributed by atoms with Crippen molar-refractivity contribution >= 4 is 39.3 Å². The molecule has 0 bridgehead atoms. The van der Waals surface area contributed by atoms with Crippen LogP contribution < -0.4 is 0 Å². The predicted molar refractivity (Wildman–Crippen MR) is 135 cm³/mol. The minimum Gasteiger partial charge on any atom is -0.389 e. The van der Waals surface area contributed by atoms with E-state index in [1.807, 2.05) is 0 Å². The maximum atomic E-state index is 13.2. The highest BCUT2D eigenvalue weighted by Crippen LogP contribution is 2.67. The Morgan fingerprint density at radius 3 is 2.53 bits per heavy atom. The fourth-order valence-electron chi connectivity index (χ4n) is 8.42. The van der Waals surface area contributed by atoms with Crippen molar-refractivity contribution in [2.45, 2.75) is 68.0 Å².